The summed E-state index contributed by atoms with van der Waals surface area (Å²) in [7, 11) is 0. The number of thiophene rings is 1. The average Bonchev–Trinajstić information content (AvgIpc) is 3.87. The summed E-state index contributed by atoms with van der Waals surface area (Å²) in [6.07, 6.45) is 0. The van der Waals surface area contributed by atoms with E-state index in [4.69, 9.17) is 9.47 Å². The van der Waals surface area contributed by atoms with Crippen molar-refractivity contribution in [3.63, 3.8) is 0 Å². The van der Waals surface area contributed by atoms with Crippen molar-refractivity contribution < 1.29 is 9.47 Å². The largest absolute Gasteiger partial charge is 0.458 e. The lowest BCUT2D eigenvalue weighted by atomic mass is 9.34. The van der Waals surface area contributed by atoms with E-state index in [1.807, 2.05) is 11.3 Å². The topological polar surface area (TPSA) is 28.3 Å². The smallest absolute Gasteiger partial charge is 0.256 e. The van der Waals surface area contributed by atoms with Crippen LogP contribution >= 0.6 is 11.3 Å². The summed E-state index contributed by atoms with van der Waals surface area (Å²) in [5, 5.41) is 7.70. The molecule has 15 rings (SSSR count). The quantitative estimate of drug-likeness (QED) is 0.149. The summed E-state index contributed by atoms with van der Waals surface area (Å²) in [5.74, 6) is 3.77. The van der Waals surface area contributed by atoms with Crippen molar-refractivity contribution in [1.29, 1.82) is 0 Å². The van der Waals surface area contributed by atoms with Gasteiger partial charge in [0.05, 0.1) is 11.0 Å². The van der Waals surface area contributed by atoms with E-state index in [-0.39, 0.29) is 13.4 Å². The number of fused-ring (bicyclic) bond motifs is 17. The number of nitrogens with zero attached hydrogens (tertiary/aromatic N) is 2. The van der Waals surface area contributed by atoms with Crippen LogP contribution in [0.4, 0.5) is 0 Å². The van der Waals surface area contributed by atoms with Crippen molar-refractivity contribution in [1.82, 2.24) is 9.13 Å². The number of rotatable bonds is 0. The molecule has 7 heterocycles. The van der Waals surface area contributed by atoms with Gasteiger partial charge in [-0.25, -0.2) is 0 Å². The van der Waals surface area contributed by atoms with Gasteiger partial charge in [0.25, 0.3) is 13.4 Å². The minimum Gasteiger partial charge on any atom is -0.458 e. The average molecular weight is 714 g/mol. The maximum atomic E-state index is 6.88. The summed E-state index contributed by atoms with van der Waals surface area (Å²) in [5.41, 5.74) is 15.1. The van der Waals surface area contributed by atoms with Crippen LogP contribution in [0.2, 0.25) is 0 Å². The second-order valence-corrected chi connectivity index (χ2v) is 16.6. The second-order valence-electron chi connectivity index (χ2n) is 15.5. The van der Waals surface area contributed by atoms with Crippen LogP contribution in [0.5, 0.6) is 23.0 Å². The molecule has 0 N–H and O–H groups in total. The minimum absolute atomic E-state index is 0.0584. The van der Waals surface area contributed by atoms with Gasteiger partial charge in [-0.15, -0.1) is 11.3 Å². The van der Waals surface area contributed by atoms with Gasteiger partial charge in [-0.2, -0.15) is 0 Å². The highest BCUT2D eigenvalue weighted by Gasteiger charge is 2.42. The molecule has 4 aliphatic rings. The molecule has 0 bridgehead atoms. The Morgan fingerprint density at radius 1 is 0.382 bits per heavy atom. The van der Waals surface area contributed by atoms with Gasteiger partial charge in [-0.05, 0) is 81.3 Å². The van der Waals surface area contributed by atoms with E-state index in [1.54, 1.807) is 0 Å². The van der Waals surface area contributed by atoms with Gasteiger partial charge in [-0.1, -0.05) is 97.1 Å². The second kappa shape index (κ2) is 9.32. The van der Waals surface area contributed by atoms with Crippen molar-refractivity contribution >= 4 is 121 Å². The molecule has 11 aromatic rings. The highest BCUT2D eigenvalue weighted by molar-refractivity contribution is 7.26. The molecule has 0 saturated heterocycles. The molecule has 0 saturated carbocycles. The molecule has 250 valence electrons. The van der Waals surface area contributed by atoms with Gasteiger partial charge in [0.1, 0.15) is 23.0 Å². The summed E-state index contributed by atoms with van der Waals surface area (Å²) >= 11 is 1.83. The zero-order valence-corrected chi connectivity index (χ0v) is 29.9. The van der Waals surface area contributed by atoms with Gasteiger partial charge in [0, 0.05) is 64.1 Å². The Bertz CT molecular complexity index is 3410. The number of aromatic nitrogens is 2. The van der Waals surface area contributed by atoms with E-state index >= 15 is 0 Å². The van der Waals surface area contributed by atoms with Gasteiger partial charge in [0.15, 0.2) is 0 Å². The molecule has 8 aromatic carbocycles. The van der Waals surface area contributed by atoms with Crippen LogP contribution in [0.3, 0.4) is 0 Å². The van der Waals surface area contributed by atoms with Crippen LogP contribution in [0, 0.1) is 0 Å². The Hall–Kier alpha value is -6.69. The fourth-order valence-corrected chi connectivity index (χ4v) is 12.1. The normalized spacial score (nSPS) is 14.0. The molecule has 0 aliphatic carbocycles. The number of benzene rings is 8. The standard InChI is InChI=1S/C48H24B2N2O2S/c1-3-15-35-25(9-1)27-11-5-13-31-47(27)51(35)37-17-7-19-39-45(37)49(31)33-21-29-30-22-34-42(24-44(30)55-43(29)23-41(33)53-39)54-40-20-8-18-38-46(40)50(34)32-14-6-12-28-26-10-2-4-16-36(26)52(38)48(28)32/h1-24H. The molecule has 0 unspecified atom stereocenters. The van der Waals surface area contributed by atoms with Crippen LogP contribution in [-0.2, 0) is 0 Å². The molecule has 7 heteroatoms. The highest BCUT2D eigenvalue weighted by atomic mass is 32.1. The molecule has 0 spiro atoms. The maximum absolute atomic E-state index is 6.88. The van der Waals surface area contributed by atoms with Crippen LogP contribution in [0.1, 0.15) is 0 Å². The third kappa shape index (κ3) is 3.16. The van der Waals surface area contributed by atoms with E-state index in [0.717, 1.165) is 23.0 Å². The molecule has 0 atom stereocenters. The Labute approximate surface area is 318 Å². The Balaban J connectivity index is 0.999. The number of hydrogen-bond donors (Lipinski definition) is 0. The lowest BCUT2D eigenvalue weighted by molar-refractivity contribution is 0.487. The molecular weight excluding hydrogens is 690 g/mol. The lowest BCUT2D eigenvalue weighted by Gasteiger charge is -2.33. The van der Waals surface area contributed by atoms with Crippen molar-refractivity contribution in [3.8, 4) is 34.4 Å². The highest BCUT2D eigenvalue weighted by Crippen LogP contribution is 2.43. The maximum Gasteiger partial charge on any atom is 0.256 e. The first-order valence-corrected chi connectivity index (χ1v) is 19.8. The van der Waals surface area contributed by atoms with Crippen molar-refractivity contribution in [2.24, 2.45) is 0 Å². The molecule has 0 amide bonds. The van der Waals surface area contributed by atoms with Gasteiger partial charge in [0.2, 0.25) is 0 Å². The Morgan fingerprint density at radius 3 is 1.35 bits per heavy atom. The zero-order chi connectivity index (χ0) is 35.3. The van der Waals surface area contributed by atoms with E-state index in [9.17, 15) is 0 Å². The summed E-state index contributed by atoms with van der Waals surface area (Å²) in [6, 6.07) is 53.9. The van der Waals surface area contributed by atoms with Crippen LogP contribution in [0.25, 0.3) is 75.2 Å². The summed E-state index contributed by atoms with van der Waals surface area (Å²) in [4.78, 5) is 0. The SMILES string of the molecule is c1cc2c3c(c1)-n1c4ccccc4c4cccc(c41)B3c1cc3c(cc1O2)sc1cc2c(cc13)B1c3c(cccc3-n3c4ccccc4c4cccc1c43)O2. The number of hydrogen-bond acceptors (Lipinski definition) is 3. The van der Waals surface area contributed by atoms with Gasteiger partial charge < -0.3 is 18.6 Å². The van der Waals surface area contributed by atoms with Crippen molar-refractivity contribution in [3.05, 3.63) is 146 Å². The summed E-state index contributed by atoms with van der Waals surface area (Å²) in [6.45, 7) is 0.117. The number of ether oxygens (including phenoxy) is 2. The molecule has 4 aliphatic heterocycles. The Morgan fingerprint density at radius 2 is 0.836 bits per heavy atom. The molecule has 0 radical (unpaired) electrons. The van der Waals surface area contributed by atoms with Crippen molar-refractivity contribution in [2.75, 3.05) is 0 Å². The Kier molecular flexibility index (Phi) is 4.72. The minimum atomic E-state index is 0.0584. The third-order valence-corrected chi connectivity index (χ3v) is 14.1. The molecule has 55 heavy (non-hydrogen) atoms. The number of para-hydroxylation sites is 4. The van der Waals surface area contributed by atoms with Gasteiger partial charge in [-0.3, -0.25) is 0 Å². The predicted octanol–water partition coefficient (Wildman–Crippen LogP) is 8.12. The molecule has 3 aromatic heterocycles. The summed E-state index contributed by atoms with van der Waals surface area (Å²) < 4.78 is 21.1. The van der Waals surface area contributed by atoms with Crippen LogP contribution < -0.4 is 42.3 Å². The molecular formula is C48H24B2N2O2S. The van der Waals surface area contributed by atoms with Crippen LogP contribution in [0.15, 0.2) is 146 Å². The zero-order valence-electron chi connectivity index (χ0n) is 29.1. The van der Waals surface area contributed by atoms with Gasteiger partial charge >= 0.3 is 0 Å². The van der Waals surface area contributed by atoms with E-state index in [2.05, 4.69) is 155 Å². The van der Waals surface area contributed by atoms with E-state index in [0.29, 0.717) is 0 Å². The van der Waals surface area contributed by atoms with Crippen LogP contribution in [-0.4, -0.2) is 22.6 Å². The monoisotopic (exact) mass is 714 g/mol. The molecule has 0 fully saturated rings. The first kappa shape index (κ1) is 27.9. The lowest BCUT2D eigenvalue weighted by Crippen LogP contribution is -2.58. The predicted molar refractivity (Wildman–Crippen MR) is 230 cm³/mol. The first-order valence-electron chi connectivity index (χ1n) is 19.0. The first-order chi connectivity index (χ1) is 27.3. The fourth-order valence-electron chi connectivity index (χ4n) is 11.0. The van der Waals surface area contributed by atoms with E-state index in [1.165, 1.54) is 108 Å². The fraction of sp³-hybridized carbons (Fsp3) is 0. The van der Waals surface area contributed by atoms with E-state index < -0.39 is 0 Å². The van der Waals surface area contributed by atoms with Crippen molar-refractivity contribution in [2.45, 2.75) is 0 Å². The molecule has 4 nitrogen and oxygen atoms in total. The third-order valence-electron chi connectivity index (χ3n) is 13.0.